The molecule has 4 aliphatic carbocycles. The van der Waals surface area contributed by atoms with Crippen LogP contribution in [-0.4, -0.2) is 85.1 Å². The average Bonchev–Trinajstić information content (AvgIpc) is 1.01. The molecule has 9 unspecified atom stereocenters. The molecule has 2 saturated heterocycles. The minimum Gasteiger partial charge on any atom is -0.485 e. The predicted octanol–water partition coefficient (Wildman–Crippen LogP) is 13.7. The van der Waals surface area contributed by atoms with Crippen molar-refractivity contribution in [2.75, 3.05) is 41.5 Å². The lowest BCUT2D eigenvalue weighted by Gasteiger charge is -2.30. The lowest BCUT2D eigenvalue weighted by molar-refractivity contribution is -0.124. The summed E-state index contributed by atoms with van der Waals surface area (Å²) in [5.41, 5.74) is 4.30. The number of nitrogens with zero attached hydrogens (tertiary/aromatic N) is 2. The maximum atomic E-state index is 15.7. The number of amides is 5. The number of nitrogens with one attached hydrogen (secondary N) is 1. The van der Waals surface area contributed by atoms with Crippen molar-refractivity contribution in [3.05, 3.63) is 258 Å². The summed E-state index contributed by atoms with van der Waals surface area (Å²) in [4.78, 5) is 137. The van der Waals surface area contributed by atoms with Crippen LogP contribution in [0.25, 0.3) is 21.9 Å². The Kier molecular flexibility index (Phi) is 17.5. The van der Waals surface area contributed by atoms with Gasteiger partial charge in [-0.2, -0.15) is 0 Å². The Morgan fingerprint density at radius 3 is 1.43 bits per heavy atom. The molecular formula is C86H66N3O17P. The first kappa shape index (κ1) is 67.7. The highest BCUT2D eigenvalue weighted by atomic mass is 31.2. The Hall–Kier alpha value is -12.4. The van der Waals surface area contributed by atoms with Crippen molar-refractivity contribution < 1.29 is 80.7 Å². The van der Waals surface area contributed by atoms with Crippen molar-refractivity contribution in [1.82, 2.24) is 0 Å². The fourth-order valence-corrected chi connectivity index (χ4v) is 19.3. The average molecular weight is 1440 g/mol. The zero-order valence-electron chi connectivity index (χ0n) is 57.3. The molecule has 20 nitrogen and oxygen atoms in total. The fourth-order valence-electron chi connectivity index (χ4n) is 16.9. The topological polar surface area (TPSA) is 262 Å². The second kappa shape index (κ2) is 27.6. The highest BCUT2D eigenvalue weighted by Gasteiger charge is 2.62. The van der Waals surface area contributed by atoms with Gasteiger partial charge in [0.1, 0.15) is 34.5 Å². The first-order chi connectivity index (χ1) is 52.0. The monoisotopic (exact) mass is 1440 g/mol. The summed E-state index contributed by atoms with van der Waals surface area (Å²) in [6.45, 7) is -1.69. The molecule has 17 rings (SSSR count). The molecule has 3 aliphatic heterocycles. The van der Waals surface area contributed by atoms with Crippen LogP contribution in [0.3, 0.4) is 0 Å². The van der Waals surface area contributed by atoms with Crippen molar-refractivity contribution in [3.63, 3.8) is 0 Å². The van der Waals surface area contributed by atoms with Crippen LogP contribution >= 0.6 is 7.37 Å². The van der Waals surface area contributed by atoms with Gasteiger partial charge in [0, 0.05) is 39.1 Å². The number of hydrogen-bond donors (Lipinski definition) is 1. The van der Waals surface area contributed by atoms with Gasteiger partial charge < -0.3 is 33.5 Å². The third-order valence-corrected chi connectivity index (χ3v) is 24.5. The Labute approximate surface area is 612 Å². The number of imide groups is 2. The van der Waals surface area contributed by atoms with Gasteiger partial charge in [0.15, 0.2) is 49.6 Å². The van der Waals surface area contributed by atoms with Crippen LogP contribution in [0.4, 0.5) is 17.1 Å². The predicted molar refractivity (Wildman–Crippen MR) is 395 cm³/mol. The number of hydrogen-bond acceptors (Lipinski definition) is 17. The van der Waals surface area contributed by atoms with Crippen molar-refractivity contribution >= 4 is 104 Å². The van der Waals surface area contributed by atoms with Gasteiger partial charge in [-0.3, -0.25) is 57.5 Å². The van der Waals surface area contributed by atoms with Gasteiger partial charge in [-0.05, 0) is 230 Å². The molecule has 1 N–H and O–H groups in total. The van der Waals surface area contributed by atoms with E-state index in [4.69, 9.17) is 28.2 Å². The lowest BCUT2D eigenvalue weighted by atomic mass is 9.81. The van der Waals surface area contributed by atoms with E-state index in [0.717, 1.165) is 44.1 Å². The number of anilines is 3. The van der Waals surface area contributed by atoms with E-state index < -0.39 is 49.8 Å². The number of para-hydroxylation sites is 1. The molecule has 4 bridgehead atoms. The number of ether oxygens (including phenoxy) is 5. The second-order valence-corrected chi connectivity index (χ2v) is 30.5. The van der Waals surface area contributed by atoms with Gasteiger partial charge >= 0.3 is 13.3 Å². The van der Waals surface area contributed by atoms with Crippen molar-refractivity contribution in [2.24, 2.45) is 47.3 Å². The van der Waals surface area contributed by atoms with E-state index in [2.05, 4.69) is 5.32 Å². The number of esters is 1. The maximum Gasteiger partial charge on any atom is 0.343 e. The smallest absolute Gasteiger partial charge is 0.343 e. The van der Waals surface area contributed by atoms with Crippen molar-refractivity contribution in [3.8, 4) is 45.6 Å². The standard InChI is InChI=1S/C86H66N3O17P/c90-69(48-22-31-63(32-23-48)101-46-71(92)55-13-12-52-42-66(33-24-51(52)38-55)105-86(99)50-20-29-62(30-21-50)89-84(97)79-58-16-17-59(41-58)80(79)85(89)98)44-103-65-36-37-74(76(43-65)107(100)75-11-4-2-9-68(75)67-8-1-3-10-73(67)106-107)104-47-72(93)54-7-5-6-53(39-54)70(91)45-102-64-34-25-60(26-35-64)87-81(94)49-18-27-61(28-19-49)88-82(95)77-56-14-15-57(40-56)78(77)83(88)96/h1-13,18-39,42-43,56-59,77-80H,14-17,40-41,44-47H2,(H,87,94). The highest BCUT2D eigenvalue weighted by molar-refractivity contribution is 7.75. The summed E-state index contributed by atoms with van der Waals surface area (Å²) in [6, 6.07) is 60.3. The molecule has 10 aromatic carbocycles. The van der Waals surface area contributed by atoms with Gasteiger partial charge in [0.25, 0.3) is 5.91 Å². The van der Waals surface area contributed by atoms with Crippen LogP contribution in [0.2, 0.25) is 0 Å². The molecule has 5 amide bonds. The number of fused-ring (bicyclic) bond motifs is 14. The molecule has 10 aromatic rings. The molecule has 0 radical (unpaired) electrons. The van der Waals surface area contributed by atoms with E-state index in [0.29, 0.717) is 67.1 Å². The number of Topliss-reactive ketones (excluding diaryl/α,β-unsaturated/α-hetero) is 4. The lowest BCUT2D eigenvalue weighted by Crippen LogP contribution is -2.32. The summed E-state index contributed by atoms with van der Waals surface area (Å²) < 4.78 is 51.9. The summed E-state index contributed by atoms with van der Waals surface area (Å²) in [7, 11) is -4.12. The van der Waals surface area contributed by atoms with Gasteiger partial charge in [-0.25, -0.2) is 4.79 Å². The molecule has 3 heterocycles. The first-order valence-electron chi connectivity index (χ1n) is 35.6. The van der Waals surface area contributed by atoms with Crippen molar-refractivity contribution in [1.29, 1.82) is 0 Å². The largest absolute Gasteiger partial charge is 0.485 e. The normalized spacial score (nSPS) is 21.8. The quantitative estimate of drug-likeness (QED) is 0.0205. The van der Waals surface area contributed by atoms with E-state index in [9.17, 15) is 47.9 Å². The fraction of sp³-hybridized carbons (Fsp3) is 0.209. The van der Waals surface area contributed by atoms with E-state index in [-0.39, 0.29) is 135 Å². The molecule has 6 fully saturated rings. The zero-order valence-corrected chi connectivity index (χ0v) is 58.2. The number of carbonyl (C=O) groups is 10. The van der Waals surface area contributed by atoms with Gasteiger partial charge in [0.2, 0.25) is 23.6 Å². The third kappa shape index (κ3) is 12.6. The molecule has 21 heteroatoms. The Bertz CT molecular complexity index is 5390. The number of benzene rings is 10. The van der Waals surface area contributed by atoms with Crippen LogP contribution in [0.1, 0.15) is 101 Å². The summed E-state index contributed by atoms with van der Waals surface area (Å²) in [6.07, 6.45) is 5.82. The zero-order chi connectivity index (χ0) is 73.4. The minimum absolute atomic E-state index is 0.0356. The van der Waals surface area contributed by atoms with E-state index in [1.165, 1.54) is 34.1 Å². The molecule has 7 aliphatic rings. The molecule has 107 heavy (non-hydrogen) atoms. The van der Waals surface area contributed by atoms with Crippen molar-refractivity contribution in [2.45, 2.75) is 38.5 Å². The molecule has 532 valence electrons. The van der Waals surface area contributed by atoms with E-state index >= 15 is 4.57 Å². The van der Waals surface area contributed by atoms with Crippen LogP contribution in [0, 0.1) is 47.3 Å². The minimum atomic E-state index is -4.12. The van der Waals surface area contributed by atoms with E-state index in [1.54, 1.807) is 176 Å². The molecule has 0 spiro atoms. The van der Waals surface area contributed by atoms with Gasteiger partial charge in [0.05, 0.1) is 51.2 Å². The maximum absolute atomic E-state index is 15.7. The third-order valence-electron chi connectivity index (χ3n) is 22.1. The SMILES string of the molecule is O=C(COc1ccc(OCC(=O)c2cccc(C(=O)COc3ccc(NC(=O)c4ccc(N5C(=O)C6C7CCC(C7)C6C5=O)cc4)cc3)c2)c(P2(=O)Oc3ccccc3-c3ccccc32)c1)c1ccc(OCC(=O)c2ccc3cc(OC(=O)c4ccc(N5C(=O)C6C7CCC(C7)C6C5=O)cc4)ccc3c2)cc1. The van der Waals surface area contributed by atoms with E-state index in [1.807, 2.05) is 24.3 Å². The van der Waals surface area contributed by atoms with Crippen LogP contribution in [0.5, 0.6) is 34.5 Å². The second-order valence-electron chi connectivity index (χ2n) is 28.2. The first-order valence-corrected chi connectivity index (χ1v) is 37.2. The molecule has 0 aromatic heterocycles. The van der Waals surface area contributed by atoms with Gasteiger partial charge in [-0.1, -0.05) is 72.8 Å². The van der Waals surface area contributed by atoms with Crippen LogP contribution in [-0.2, 0) is 23.7 Å². The van der Waals surface area contributed by atoms with Gasteiger partial charge in [-0.15, -0.1) is 0 Å². The Balaban J connectivity index is 0.501. The number of ketones is 4. The Morgan fingerprint density at radius 2 is 0.841 bits per heavy atom. The Morgan fingerprint density at radius 1 is 0.393 bits per heavy atom. The molecule has 9 atom stereocenters. The summed E-state index contributed by atoms with van der Waals surface area (Å²) in [5.74, 6) is -1.73. The molecular weight excluding hydrogens is 1380 g/mol. The van der Waals surface area contributed by atoms with Crippen LogP contribution < -0.4 is 53.9 Å². The summed E-state index contributed by atoms with van der Waals surface area (Å²) >= 11 is 0. The number of carbonyl (C=O) groups excluding carboxylic acids is 10. The molecule has 4 saturated carbocycles. The number of rotatable bonds is 23. The highest BCUT2D eigenvalue weighted by Crippen LogP contribution is 2.59. The van der Waals surface area contributed by atoms with Crippen LogP contribution in [0.15, 0.2) is 224 Å². The summed E-state index contributed by atoms with van der Waals surface area (Å²) in [5, 5.41) is 4.68.